The number of nitrogens with two attached hydrogens (primary N) is 1. The van der Waals surface area contributed by atoms with E-state index in [-0.39, 0.29) is 30.4 Å². The van der Waals surface area contributed by atoms with Gasteiger partial charge in [-0.05, 0) is 25.2 Å². The molecule has 1 aliphatic rings. The molecule has 3 unspecified atom stereocenters. The molecule has 0 aliphatic carbocycles. The smallest absolute Gasteiger partial charge is 0.237 e. The minimum atomic E-state index is -0.0382. The van der Waals surface area contributed by atoms with Crippen LogP contribution >= 0.6 is 12.4 Å². The van der Waals surface area contributed by atoms with Gasteiger partial charge < -0.3 is 11.1 Å². The molecule has 0 saturated carbocycles. The Kier molecular flexibility index (Phi) is 7.83. The van der Waals surface area contributed by atoms with E-state index in [1.165, 1.54) is 0 Å². The summed E-state index contributed by atoms with van der Waals surface area (Å²) in [6.07, 6.45) is 0.989. The third-order valence-corrected chi connectivity index (χ3v) is 3.61. The summed E-state index contributed by atoms with van der Waals surface area (Å²) >= 11 is 0. The molecular weight excluding hydrogens is 250 g/mol. The van der Waals surface area contributed by atoms with Crippen LogP contribution in [0, 0.1) is 11.8 Å². The quantitative estimate of drug-likeness (QED) is 0.813. The fraction of sp³-hybridized carbons (Fsp3) is 0.923. The van der Waals surface area contributed by atoms with Crippen molar-refractivity contribution in [2.45, 2.75) is 46.2 Å². The predicted octanol–water partition coefficient (Wildman–Crippen LogP) is 1.24. The molecule has 1 fully saturated rings. The van der Waals surface area contributed by atoms with Crippen molar-refractivity contribution in [3.05, 3.63) is 0 Å². The number of halogens is 1. The van der Waals surface area contributed by atoms with Gasteiger partial charge in [0.15, 0.2) is 0 Å². The van der Waals surface area contributed by atoms with Crippen molar-refractivity contribution in [2.75, 3.05) is 19.6 Å². The van der Waals surface area contributed by atoms with Crippen LogP contribution in [0.4, 0.5) is 0 Å². The lowest BCUT2D eigenvalue weighted by atomic mass is 9.94. The van der Waals surface area contributed by atoms with Gasteiger partial charge in [0.25, 0.3) is 0 Å². The van der Waals surface area contributed by atoms with Crippen LogP contribution in [0.5, 0.6) is 0 Å². The summed E-state index contributed by atoms with van der Waals surface area (Å²) in [6, 6.07) is 0.251. The van der Waals surface area contributed by atoms with Crippen molar-refractivity contribution < 1.29 is 4.79 Å². The molecule has 0 aromatic rings. The average molecular weight is 278 g/mol. The van der Waals surface area contributed by atoms with Gasteiger partial charge in [-0.2, -0.15) is 0 Å². The first-order chi connectivity index (χ1) is 7.91. The third kappa shape index (κ3) is 5.12. The highest BCUT2D eigenvalue weighted by atomic mass is 35.5. The predicted molar refractivity (Wildman–Crippen MR) is 77.9 cm³/mol. The van der Waals surface area contributed by atoms with Crippen LogP contribution in [0.1, 0.15) is 34.1 Å². The van der Waals surface area contributed by atoms with Crippen LogP contribution in [0.3, 0.4) is 0 Å². The molecule has 0 radical (unpaired) electrons. The Morgan fingerprint density at radius 1 is 1.44 bits per heavy atom. The Bertz CT molecular complexity index is 261. The van der Waals surface area contributed by atoms with Gasteiger partial charge in [-0.3, -0.25) is 9.69 Å². The molecular formula is C13H28ClN3O. The lowest BCUT2D eigenvalue weighted by Gasteiger charge is -2.38. The number of rotatable bonds is 4. The zero-order chi connectivity index (χ0) is 13.0. The normalized spacial score (nSPS) is 26.6. The molecule has 3 N–H and O–H groups in total. The first kappa shape index (κ1) is 17.7. The molecule has 18 heavy (non-hydrogen) atoms. The van der Waals surface area contributed by atoms with Crippen LogP contribution in [-0.4, -0.2) is 42.5 Å². The molecule has 0 aromatic heterocycles. The zero-order valence-corrected chi connectivity index (χ0v) is 12.8. The number of nitrogens with one attached hydrogen (secondary N) is 1. The minimum Gasteiger partial charge on any atom is -0.354 e. The van der Waals surface area contributed by atoms with Crippen LogP contribution in [0.2, 0.25) is 0 Å². The molecule has 0 bridgehead atoms. The highest BCUT2D eigenvalue weighted by Crippen LogP contribution is 2.17. The van der Waals surface area contributed by atoms with Crippen molar-refractivity contribution in [1.29, 1.82) is 0 Å². The third-order valence-electron chi connectivity index (χ3n) is 3.61. The van der Waals surface area contributed by atoms with Crippen molar-refractivity contribution in [3.63, 3.8) is 0 Å². The summed E-state index contributed by atoms with van der Waals surface area (Å²) in [5, 5.41) is 2.99. The Morgan fingerprint density at radius 3 is 2.56 bits per heavy atom. The molecule has 1 saturated heterocycles. The molecule has 0 aromatic carbocycles. The second-order valence-electron chi connectivity index (χ2n) is 5.74. The van der Waals surface area contributed by atoms with Gasteiger partial charge >= 0.3 is 0 Å². The second-order valence-corrected chi connectivity index (χ2v) is 5.74. The Hall–Kier alpha value is -0.320. The van der Waals surface area contributed by atoms with E-state index in [1.54, 1.807) is 0 Å². The van der Waals surface area contributed by atoms with Gasteiger partial charge in [-0.1, -0.05) is 20.8 Å². The maximum Gasteiger partial charge on any atom is 0.237 e. The van der Waals surface area contributed by atoms with E-state index in [9.17, 15) is 4.79 Å². The number of carbonyl (C=O) groups excluding carboxylic acids is 1. The number of hydrogen-bond donors (Lipinski definition) is 2. The van der Waals surface area contributed by atoms with Crippen molar-refractivity contribution in [3.8, 4) is 0 Å². The number of nitrogens with zero attached hydrogens (tertiary/aromatic N) is 1. The number of hydrogen-bond acceptors (Lipinski definition) is 3. The van der Waals surface area contributed by atoms with E-state index in [4.69, 9.17) is 5.73 Å². The van der Waals surface area contributed by atoms with Gasteiger partial charge in [0.05, 0.1) is 6.04 Å². The fourth-order valence-corrected chi connectivity index (χ4v) is 2.17. The van der Waals surface area contributed by atoms with Crippen molar-refractivity contribution in [2.24, 2.45) is 17.6 Å². The lowest BCUT2D eigenvalue weighted by molar-refractivity contribution is -0.126. The van der Waals surface area contributed by atoms with Gasteiger partial charge in [-0.25, -0.2) is 0 Å². The Labute approximate surface area is 117 Å². The molecule has 4 nitrogen and oxygen atoms in total. The van der Waals surface area contributed by atoms with Gasteiger partial charge in [0.1, 0.15) is 0 Å². The van der Waals surface area contributed by atoms with Crippen molar-refractivity contribution in [1.82, 2.24) is 10.2 Å². The number of carbonyl (C=O) groups is 1. The number of piperidine rings is 1. The Balaban J connectivity index is 0.00000289. The first-order valence-corrected chi connectivity index (χ1v) is 6.69. The highest BCUT2D eigenvalue weighted by molar-refractivity contribution is 5.85. The van der Waals surface area contributed by atoms with Gasteiger partial charge in [0, 0.05) is 25.7 Å². The van der Waals surface area contributed by atoms with E-state index in [2.05, 4.69) is 31.0 Å². The van der Waals surface area contributed by atoms with Crippen molar-refractivity contribution >= 4 is 18.3 Å². The summed E-state index contributed by atoms with van der Waals surface area (Å²) in [7, 11) is 0. The summed E-state index contributed by atoms with van der Waals surface area (Å²) in [5.41, 5.74) is 5.99. The SMILES string of the molecule is CC(C)CNC(=O)C(C)N1CCC(N)C(C)C1.Cl. The maximum absolute atomic E-state index is 12.0. The van der Waals surface area contributed by atoms with E-state index in [1.807, 2.05) is 6.92 Å². The lowest BCUT2D eigenvalue weighted by Crippen LogP contribution is -2.53. The van der Waals surface area contributed by atoms with E-state index in [0.29, 0.717) is 11.8 Å². The van der Waals surface area contributed by atoms with Crippen LogP contribution in [-0.2, 0) is 4.79 Å². The van der Waals surface area contributed by atoms with Crippen LogP contribution in [0.15, 0.2) is 0 Å². The molecule has 1 rings (SSSR count). The molecule has 5 heteroatoms. The Morgan fingerprint density at radius 2 is 2.06 bits per heavy atom. The summed E-state index contributed by atoms with van der Waals surface area (Å²) in [4.78, 5) is 14.2. The maximum atomic E-state index is 12.0. The van der Waals surface area contributed by atoms with E-state index >= 15 is 0 Å². The number of likely N-dealkylation sites (tertiary alicyclic amines) is 1. The van der Waals surface area contributed by atoms with Gasteiger partial charge in [0.2, 0.25) is 5.91 Å². The summed E-state index contributed by atoms with van der Waals surface area (Å²) in [6.45, 7) is 11.0. The van der Waals surface area contributed by atoms with Crippen LogP contribution in [0.25, 0.3) is 0 Å². The molecule has 0 spiro atoms. The van der Waals surface area contributed by atoms with E-state index < -0.39 is 0 Å². The van der Waals surface area contributed by atoms with Crippen LogP contribution < -0.4 is 11.1 Å². The molecule has 1 aliphatic heterocycles. The molecule has 1 amide bonds. The largest absolute Gasteiger partial charge is 0.354 e. The van der Waals surface area contributed by atoms with Gasteiger partial charge in [-0.15, -0.1) is 12.4 Å². The fourth-order valence-electron chi connectivity index (χ4n) is 2.17. The monoisotopic (exact) mass is 277 g/mol. The molecule has 108 valence electrons. The first-order valence-electron chi connectivity index (χ1n) is 6.69. The molecule has 3 atom stereocenters. The highest BCUT2D eigenvalue weighted by Gasteiger charge is 2.29. The average Bonchev–Trinajstić information content (AvgIpc) is 2.28. The second kappa shape index (κ2) is 7.97. The number of amides is 1. The summed E-state index contributed by atoms with van der Waals surface area (Å²) < 4.78 is 0. The zero-order valence-electron chi connectivity index (χ0n) is 12.0. The molecule has 1 heterocycles. The minimum absolute atomic E-state index is 0. The summed E-state index contributed by atoms with van der Waals surface area (Å²) in [5.74, 6) is 1.12. The van der Waals surface area contributed by atoms with E-state index in [0.717, 1.165) is 26.1 Å². The standard InChI is InChI=1S/C13H27N3O.ClH/c1-9(2)7-15-13(17)11(4)16-6-5-12(14)10(3)8-16;/h9-12H,5-8,14H2,1-4H3,(H,15,17);1H. The topological polar surface area (TPSA) is 58.4 Å².